The van der Waals surface area contributed by atoms with Gasteiger partial charge in [0.1, 0.15) is 0 Å². The molecule has 0 bridgehead atoms. The first-order chi connectivity index (χ1) is 10.6. The fourth-order valence-electron chi connectivity index (χ4n) is 2.10. The Morgan fingerprint density at radius 2 is 2.09 bits per heavy atom. The van der Waals surface area contributed by atoms with Gasteiger partial charge in [-0.2, -0.15) is 4.37 Å². The lowest BCUT2D eigenvalue weighted by Gasteiger charge is -2.21. The van der Waals surface area contributed by atoms with Gasteiger partial charge in [-0.3, -0.25) is 4.79 Å². The molecule has 6 heteroatoms. The van der Waals surface area contributed by atoms with Gasteiger partial charge in [-0.1, -0.05) is 6.07 Å². The van der Waals surface area contributed by atoms with Crippen LogP contribution in [0.5, 0.6) is 0 Å². The number of benzene rings is 1. The fourth-order valence-corrected chi connectivity index (χ4v) is 2.79. The van der Waals surface area contributed by atoms with Gasteiger partial charge in [0.25, 0.3) is 5.91 Å². The number of anilines is 1. The van der Waals surface area contributed by atoms with E-state index in [0.29, 0.717) is 30.0 Å². The van der Waals surface area contributed by atoms with Crippen LogP contribution >= 0.6 is 11.5 Å². The van der Waals surface area contributed by atoms with Crippen molar-refractivity contribution in [1.29, 1.82) is 0 Å². The molecule has 0 N–H and O–H groups in total. The van der Waals surface area contributed by atoms with Crippen LogP contribution in [-0.4, -0.2) is 29.4 Å². The second kappa shape index (κ2) is 7.17. The second-order valence-corrected chi connectivity index (χ2v) is 5.26. The van der Waals surface area contributed by atoms with Gasteiger partial charge in [0.2, 0.25) is 0 Å². The van der Waals surface area contributed by atoms with Crippen molar-refractivity contribution in [1.82, 2.24) is 4.37 Å². The number of amides is 1. The number of rotatable bonds is 5. The summed E-state index contributed by atoms with van der Waals surface area (Å²) in [6, 6.07) is 6.90. The van der Waals surface area contributed by atoms with Gasteiger partial charge in [0.05, 0.1) is 23.4 Å². The summed E-state index contributed by atoms with van der Waals surface area (Å²) < 4.78 is 9.14. The number of ether oxygens (including phenoxy) is 1. The Labute approximate surface area is 133 Å². The summed E-state index contributed by atoms with van der Waals surface area (Å²) in [5.74, 6) is -0.504. The predicted octanol–water partition coefficient (Wildman–Crippen LogP) is 3.29. The van der Waals surface area contributed by atoms with Crippen LogP contribution in [-0.2, 0) is 4.74 Å². The molecule has 0 aliphatic heterocycles. The molecular weight excluding hydrogens is 300 g/mol. The highest BCUT2D eigenvalue weighted by Gasteiger charge is 2.20. The van der Waals surface area contributed by atoms with Gasteiger partial charge < -0.3 is 9.64 Å². The molecule has 1 amide bonds. The molecule has 116 valence electrons. The van der Waals surface area contributed by atoms with Crippen molar-refractivity contribution in [2.45, 2.75) is 20.8 Å². The molecule has 0 aliphatic rings. The largest absolute Gasteiger partial charge is 0.462 e. The van der Waals surface area contributed by atoms with Crippen LogP contribution in [0.25, 0.3) is 0 Å². The summed E-state index contributed by atoms with van der Waals surface area (Å²) >= 11 is 1.26. The first kappa shape index (κ1) is 16.2. The highest BCUT2D eigenvalue weighted by Crippen LogP contribution is 2.21. The third kappa shape index (κ3) is 3.33. The van der Waals surface area contributed by atoms with Gasteiger partial charge in [-0.05, 0) is 50.5 Å². The Morgan fingerprint density at radius 1 is 1.32 bits per heavy atom. The number of hydrogen-bond donors (Lipinski definition) is 0. The zero-order valence-electron chi connectivity index (χ0n) is 12.8. The minimum Gasteiger partial charge on any atom is -0.462 e. The molecule has 5 nitrogen and oxygen atoms in total. The Morgan fingerprint density at radius 3 is 2.68 bits per heavy atom. The lowest BCUT2D eigenvalue weighted by atomic mass is 10.1. The second-order valence-electron chi connectivity index (χ2n) is 4.63. The van der Waals surface area contributed by atoms with Crippen molar-refractivity contribution in [2.75, 3.05) is 18.1 Å². The molecule has 0 atom stereocenters. The lowest BCUT2D eigenvalue weighted by Crippen LogP contribution is -2.31. The molecule has 0 spiro atoms. The summed E-state index contributed by atoms with van der Waals surface area (Å²) in [7, 11) is 0. The summed E-state index contributed by atoms with van der Waals surface area (Å²) in [4.78, 5) is 26.1. The molecule has 0 aliphatic carbocycles. The van der Waals surface area contributed by atoms with E-state index in [1.54, 1.807) is 41.5 Å². The van der Waals surface area contributed by atoms with E-state index in [9.17, 15) is 9.59 Å². The number of carbonyl (C=O) groups is 2. The van der Waals surface area contributed by atoms with E-state index >= 15 is 0 Å². The maximum atomic E-state index is 12.6. The highest BCUT2D eigenvalue weighted by atomic mass is 32.1. The van der Waals surface area contributed by atoms with E-state index < -0.39 is 0 Å². The Balaban J connectivity index is 2.32. The van der Waals surface area contributed by atoms with Crippen LogP contribution in [0, 0.1) is 6.92 Å². The third-order valence-corrected chi connectivity index (χ3v) is 3.93. The van der Waals surface area contributed by atoms with E-state index in [0.717, 1.165) is 5.69 Å². The number of esters is 1. The summed E-state index contributed by atoms with van der Waals surface area (Å²) in [5.41, 5.74) is 2.41. The van der Waals surface area contributed by atoms with Crippen molar-refractivity contribution < 1.29 is 14.3 Å². The maximum Gasteiger partial charge on any atom is 0.338 e. The van der Waals surface area contributed by atoms with Crippen molar-refractivity contribution >= 4 is 29.1 Å². The van der Waals surface area contributed by atoms with E-state index in [4.69, 9.17) is 4.74 Å². The Bertz CT molecular complexity index is 682. The molecular formula is C16H18N2O3S. The zero-order valence-corrected chi connectivity index (χ0v) is 13.6. The topological polar surface area (TPSA) is 59.5 Å². The van der Waals surface area contributed by atoms with Crippen LogP contribution in [0.2, 0.25) is 0 Å². The zero-order chi connectivity index (χ0) is 16.1. The van der Waals surface area contributed by atoms with Crippen molar-refractivity contribution in [3.63, 3.8) is 0 Å². The molecule has 0 fully saturated rings. The molecule has 0 radical (unpaired) electrons. The highest BCUT2D eigenvalue weighted by molar-refractivity contribution is 7.04. The van der Waals surface area contributed by atoms with Gasteiger partial charge in [0, 0.05) is 17.6 Å². The van der Waals surface area contributed by atoms with Gasteiger partial charge >= 0.3 is 5.97 Å². The SMILES string of the molecule is CCOC(=O)c1cccc(N(CC)C(=O)c2csnc2C)c1. The summed E-state index contributed by atoms with van der Waals surface area (Å²) in [6.45, 7) is 6.28. The summed E-state index contributed by atoms with van der Waals surface area (Å²) in [6.07, 6.45) is 0. The average Bonchev–Trinajstić information content (AvgIpc) is 2.94. The lowest BCUT2D eigenvalue weighted by molar-refractivity contribution is 0.0526. The van der Waals surface area contributed by atoms with Gasteiger partial charge in [-0.15, -0.1) is 0 Å². The standard InChI is InChI=1S/C16H18N2O3S/c1-4-18(15(19)14-10-22-17-11(14)3)13-8-6-7-12(9-13)16(20)21-5-2/h6-10H,4-5H2,1-3H3. The maximum absolute atomic E-state index is 12.6. The Hall–Kier alpha value is -2.21. The molecule has 0 saturated carbocycles. The Kier molecular flexibility index (Phi) is 5.27. The van der Waals surface area contributed by atoms with Crippen LogP contribution in [0.4, 0.5) is 5.69 Å². The van der Waals surface area contributed by atoms with E-state index in [-0.39, 0.29) is 11.9 Å². The van der Waals surface area contributed by atoms with Crippen LogP contribution in [0.1, 0.15) is 40.3 Å². The first-order valence-corrected chi connectivity index (χ1v) is 7.92. The average molecular weight is 318 g/mol. The van der Waals surface area contributed by atoms with Crippen LogP contribution < -0.4 is 4.90 Å². The quantitative estimate of drug-likeness (QED) is 0.794. The number of aryl methyl sites for hydroxylation is 1. The minimum absolute atomic E-state index is 0.116. The normalized spacial score (nSPS) is 10.3. The van der Waals surface area contributed by atoms with Gasteiger partial charge in [-0.25, -0.2) is 4.79 Å². The summed E-state index contributed by atoms with van der Waals surface area (Å²) in [5, 5.41) is 1.75. The number of nitrogens with zero attached hydrogens (tertiary/aromatic N) is 2. The first-order valence-electron chi connectivity index (χ1n) is 7.08. The van der Waals surface area contributed by atoms with Crippen LogP contribution in [0.15, 0.2) is 29.6 Å². The molecule has 2 rings (SSSR count). The molecule has 1 heterocycles. The number of hydrogen-bond acceptors (Lipinski definition) is 5. The molecule has 0 saturated heterocycles. The smallest absolute Gasteiger partial charge is 0.338 e. The number of carbonyl (C=O) groups excluding carboxylic acids is 2. The van der Waals surface area contributed by atoms with E-state index in [2.05, 4.69) is 4.37 Å². The monoisotopic (exact) mass is 318 g/mol. The predicted molar refractivity (Wildman–Crippen MR) is 86.6 cm³/mol. The van der Waals surface area contributed by atoms with Gasteiger partial charge in [0.15, 0.2) is 0 Å². The number of aromatic nitrogens is 1. The van der Waals surface area contributed by atoms with Crippen molar-refractivity contribution in [3.8, 4) is 0 Å². The molecule has 1 aromatic carbocycles. The van der Waals surface area contributed by atoms with E-state index in [1.165, 1.54) is 11.5 Å². The third-order valence-electron chi connectivity index (χ3n) is 3.21. The molecule has 0 unspecified atom stereocenters. The van der Waals surface area contributed by atoms with Crippen molar-refractivity contribution in [2.24, 2.45) is 0 Å². The van der Waals surface area contributed by atoms with Crippen molar-refractivity contribution in [3.05, 3.63) is 46.5 Å². The molecule has 22 heavy (non-hydrogen) atoms. The van der Waals surface area contributed by atoms with Crippen LogP contribution in [0.3, 0.4) is 0 Å². The molecule has 1 aromatic heterocycles. The fraction of sp³-hybridized carbons (Fsp3) is 0.312. The molecule has 2 aromatic rings. The minimum atomic E-state index is -0.388. The van der Waals surface area contributed by atoms with E-state index in [1.807, 2.05) is 13.8 Å².